The summed E-state index contributed by atoms with van der Waals surface area (Å²) in [5.41, 5.74) is 4.16. The largest absolute Gasteiger partial charge is 0.324 e. The van der Waals surface area contributed by atoms with Gasteiger partial charge in [-0.15, -0.1) is 0 Å². The van der Waals surface area contributed by atoms with E-state index in [1.807, 2.05) is 68.4 Å². The summed E-state index contributed by atoms with van der Waals surface area (Å²) in [6.07, 6.45) is 0. The van der Waals surface area contributed by atoms with E-state index in [-0.39, 0.29) is 18.0 Å². The monoisotopic (exact) mass is 415 g/mol. The van der Waals surface area contributed by atoms with Gasteiger partial charge in [0.25, 0.3) is 5.56 Å². The molecule has 7 heteroatoms. The van der Waals surface area contributed by atoms with E-state index in [0.29, 0.717) is 22.8 Å². The Hall–Kier alpha value is -3.74. The first-order chi connectivity index (χ1) is 14.8. The maximum atomic E-state index is 13.0. The first-order valence-electron chi connectivity index (χ1n) is 10.3. The van der Waals surface area contributed by atoms with Crippen LogP contribution in [0.2, 0.25) is 0 Å². The standard InChI is InChI=1S/C24H25N5O2/c1-15(2)18-10-12-19(13-11-18)25-21(30)14-28-24(31)23-22(16(3)26-28)17(4)29(27-23)20-8-6-5-7-9-20/h5-13,15H,14H2,1-4H3,(H,25,30). The van der Waals surface area contributed by atoms with E-state index < -0.39 is 0 Å². The maximum Gasteiger partial charge on any atom is 0.295 e. The van der Waals surface area contributed by atoms with Gasteiger partial charge in [-0.05, 0) is 49.6 Å². The molecule has 31 heavy (non-hydrogen) atoms. The molecular weight excluding hydrogens is 390 g/mol. The Morgan fingerprint density at radius 1 is 1.00 bits per heavy atom. The molecule has 2 heterocycles. The summed E-state index contributed by atoms with van der Waals surface area (Å²) in [5.74, 6) is 0.103. The van der Waals surface area contributed by atoms with Gasteiger partial charge >= 0.3 is 0 Å². The van der Waals surface area contributed by atoms with Crippen LogP contribution in [0, 0.1) is 13.8 Å². The predicted octanol–water partition coefficient (Wildman–Crippen LogP) is 3.96. The molecule has 1 N–H and O–H groups in total. The van der Waals surface area contributed by atoms with Gasteiger partial charge in [0.15, 0.2) is 5.52 Å². The van der Waals surface area contributed by atoms with Gasteiger partial charge < -0.3 is 5.32 Å². The Morgan fingerprint density at radius 3 is 2.32 bits per heavy atom. The van der Waals surface area contributed by atoms with Crippen LogP contribution >= 0.6 is 0 Å². The number of anilines is 1. The number of carbonyl (C=O) groups is 1. The third-order valence-corrected chi connectivity index (χ3v) is 5.34. The van der Waals surface area contributed by atoms with Gasteiger partial charge in [0.05, 0.1) is 22.5 Å². The van der Waals surface area contributed by atoms with Gasteiger partial charge in [-0.25, -0.2) is 9.36 Å². The molecule has 158 valence electrons. The van der Waals surface area contributed by atoms with Gasteiger partial charge in [0.1, 0.15) is 6.54 Å². The highest BCUT2D eigenvalue weighted by Crippen LogP contribution is 2.21. The molecule has 0 saturated heterocycles. The molecule has 0 aliphatic heterocycles. The number of carbonyl (C=O) groups excluding carboxylic acids is 1. The van der Waals surface area contributed by atoms with Crippen molar-refractivity contribution < 1.29 is 4.79 Å². The van der Waals surface area contributed by atoms with Crippen LogP contribution in [0.15, 0.2) is 59.4 Å². The van der Waals surface area contributed by atoms with E-state index in [4.69, 9.17) is 0 Å². The first-order valence-corrected chi connectivity index (χ1v) is 10.3. The Morgan fingerprint density at radius 2 is 1.68 bits per heavy atom. The lowest BCUT2D eigenvalue weighted by Gasteiger charge is -2.09. The Balaban J connectivity index is 1.63. The number of hydrogen-bond acceptors (Lipinski definition) is 4. The van der Waals surface area contributed by atoms with E-state index >= 15 is 0 Å². The fourth-order valence-corrected chi connectivity index (χ4v) is 3.70. The number of rotatable bonds is 5. The van der Waals surface area contributed by atoms with Gasteiger partial charge in [0.2, 0.25) is 5.91 Å². The summed E-state index contributed by atoms with van der Waals surface area (Å²) in [7, 11) is 0. The highest BCUT2D eigenvalue weighted by molar-refractivity contribution is 5.91. The topological polar surface area (TPSA) is 81.8 Å². The van der Waals surface area contributed by atoms with Crippen LogP contribution in [-0.4, -0.2) is 25.5 Å². The number of amides is 1. The summed E-state index contributed by atoms with van der Waals surface area (Å²) in [6.45, 7) is 7.79. The Kier molecular flexibility index (Phi) is 5.42. The lowest BCUT2D eigenvalue weighted by Crippen LogP contribution is -2.30. The predicted molar refractivity (Wildman–Crippen MR) is 122 cm³/mol. The van der Waals surface area contributed by atoms with E-state index in [1.54, 1.807) is 4.68 Å². The number of nitrogens with zero attached hydrogens (tertiary/aromatic N) is 4. The minimum atomic E-state index is -0.385. The van der Waals surface area contributed by atoms with Crippen molar-refractivity contribution in [1.29, 1.82) is 0 Å². The molecule has 0 fully saturated rings. The molecule has 0 aliphatic carbocycles. The quantitative estimate of drug-likeness (QED) is 0.535. The third-order valence-electron chi connectivity index (χ3n) is 5.34. The Bertz CT molecular complexity index is 1300. The van der Waals surface area contributed by atoms with E-state index in [0.717, 1.165) is 16.8 Å². The van der Waals surface area contributed by atoms with E-state index in [1.165, 1.54) is 10.2 Å². The molecule has 4 rings (SSSR count). The van der Waals surface area contributed by atoms with Crippen LogP contribution in [0.25, 0.3) is 16.6 Å². The molecule has 0 spiro atoms. The molecule has 0 atom stereocenters. The molecule has 0 radical (unpaired) electrons. The summed E-state index contributed by atoms with van der Waals surface area (Å²) in [5, 5.41) is 12.5. The van der Waals surface area contributed by atoms with Crippen LogP contribution < -0.4 is 10.9 Å². The summed E-state index contributed by atoms with van der Waals surface area (Å²) in [6, 6.07) is 17.3. The van der Waals surface area contributed by atoms with Crippen molar-refractivity contribution in [3.8, 4) is 5.69 Å². The number of benzene rings is 2. The molecule has 0 saturated carbocycles. The fraction of sp³-hybridized carbons (Fsp3) is 0.250. The number of para-hydroxylation sites is 1. The minimum Gasteiger partial charge on any atom is -0.324 e. The van der Waals surface area contributed by atoms with Crippen LogP contribution in [0.3, 0.4) is 0 Å². The van der Waals surface area contributed by atoms with Crippen LogP contribution in [0.1, 0.15) is 36.7 Å². The number of nitrogens with one attached hydrogen (secondary N) is 1. The van der Waals surface area contributed by atoms with Crippen LogP contribution in [-0.2, 0) is 11.3 Å². The van der Waals surface area contributed by atoms with E-state index in [2.05, 4.69) is 29.4 Å². The molecule has 4 aromatic rings. The van der Waals surface area contributed by atoms with Gasteiger partial charge in [-0.2, -0.15) is 10.2 Å². The third kappa shape index (κ3) is 3.99. The molecule has 1 amide bonds. The molecule has 0 unspecified atom stereocenters. The van der Waals surface area contributed by atoms with Gasteiger partial charge in [0, 0.05) is 5.69 Å². The zero-order chi connectivity index (χ0) is 22.1. The van der Waals surface area contributed by atoms with Gasteiger partial charge in [-0.1, -0.05) is 44.2 Å². The number of fused-ring (bicyclic) bond motifs is 1. The van der Waals surface area contributed by atoms with Crippen molar-refractivity contribution in [1.82, 2.24) is 19.6 Å². The molecule has 7 nitrogen and oxygen atoms in total. The zero-order valence-corrected chi connectivity index (χ0v) is 18.1. The smallest absolute Gasteiger partial charge is 0.295 e. The summed E-state index contributed by atoms with van der Waals surface area (Å²) < 4.78 is 2.92. The van der Waals surface area contributed by atoms with Crippen molar-refractivity contribution in [2.45, 2.75) is 40.2 Å². The molecule has 0 bridgehead atoms. The average Bonchev–Trinajstić information content (AvgIpc) is 3.11. The van der Waals surface area contributed by atoms with Crippen molar-refractivity contribution in [2.75, 3.05) is 5.32 Å². The molecule has 0 aliphatic rings. The van der Waals surface area contributed by atoms with Crippen molar-refractivity contribution in [3.63, 3.8) is 0 Å². The van der Waals surface area contributed by atoms with Gasteiger partial charge in [-0.3, -0.25) is 9.59 Å². The lowest BCUT2D eigenvalue weighted by molar-refractivity contribution is -0.117. The maximum absolute atomic E-state index is 13.0. The van der Waals surface area contributed by atoms with E-state index in [9.17, 15) is 9.59 Å². The highest BCUT2D eigenvalue weighted by atomic mass is 16.2. The Labute approximate surface area is 180 Å². The minimum absolute atomic E-state index is 0.182. The summed E-state index contributed by atoms with van der Waals surface area (Å²) >= 11 is 0. The molecule has 2 aromatic carbocycles. The second-order valence-electron chi connectivity index (χ2n) is 7.93. The van der Waals surface area contributed by atoms with Crippen LogP contribution in [0.5, 0.6) is 0 Å². The van der Waals surface area contributed by atoms with Crippen molar-refractivity contribution in [3.05, 3.63) is 81.9 Å². The summed E-state index contributed by atoms with van der Waals surface area (Å²) in [4.78, 5) is 25.6. The second-order valence-corrected chi connectivity index (χ2v) is 7.93. The van der Waals surface area contributed by atoms with Crippen molar-refractivity contribution >= 4 is 22.5 Å². The zero-order valence-electron chi connectivity index (χ0n) is 18.1. The average molecular weight is 415 g/mol. The number of aryl methyl sites for hydroxylation is 2. The normalized spacial score (nSPS) is 11.3. The second kappa shape index (κ2) is 8.18. The molecule has 2 aromatic heterocycles. The fourth-order valence-electron chi connectivity index (χ4n) is 3.70. The van der Waals surface area contributed by atoms with Crippen molar-refractivity contribution in [2.24, 2.45) is 0 Å². The van der Waals surface area contributed by atoms with Crippen LogP contribution in [0.4, 0.5) is 5.69 Å². The SMILES string of the molecule is Cc1nn(CC(=O)Nc2ccc(C(C)C)cc2)c(=O)c2nn(-c3ccccc3)c(C)c12. The molecular formula is C24H25N5O2. The first kappa shape index (κ1) is 20.5. The number of hydrogen-bond donors (Lipinski definition) is 1. The lowest BCUT2D eigenvalue weighted by atomic mass is 10.0. The highest BCUT2D eigenvalue weighted by Gasteiger charge is 2.18. The number of aromatic nitrogens is 4.